The van der Waals surface area contributed by atoms with Crippen LogP contribution >= 0.6 is 29.9 Å². The van der Waals surface area contributed by atoms with Crippen LogP contribution in [0, 0.1) is 0 Å². The zero-order chi connectivity index (χ0) is 18.5. The summed E-state index contributed by atoms with van der Waals surface area (Å²) < 4.78 is 0.350. The standard InChI is InChI=1S/C25H21IP.BrH/c26-25(21-13-5-1-6-14-21)27(22-15-7-2-8-16-22,23-17-9-3-10-18-23)24-19-11-4-12-20-24;/h1-20,25H;1H/q+1;/p-1. The van der Waals surface area contributed by atoms with E-state index < -0.39 is 7.26 Å². The van der Waals surface area contributed by atoms with E-state index in [1.807, 2.05) is 0 Å². The molecule has 0 saturated carbocycles. The van der Waals surface area contributed by atoms with Gasteiger partial charge >= 0.3 is 0 Å². The van der Waals surface area contributed by atoms with Crippen LogP contribution in [0.5, 0.6) is 0 Å². The van der Waals surface area contributed by atoms with Gasteiger partial charge in [0, 0.05) is 5.56 Å². The topological polar surface area (TPSA) is 0 Å². The van der Waals surface area contributed by atoms with E-state index in [1.54, 1.807) is 0 Å². The van der Waals surface area contributed by atoms with E-state index in [9.17, 15) is 0 Å². The van der Waals surface area contributed by atoms with Gasteiger partial charge in [-0.05, 0) is 59.0 Å². The fourth-order valence-electron chi connectivity index (χ4n) is 3.66. The van der Waals surface area contributed by atoms with Crippen LogP contribution in [-0.2, 0) is 0 Å². The zero-order valence-electron chi connectivity index (χ0n) is 15.3. The molecule has 0 aliphatic carbocycles. The summed E-state index contributed by atoms with van der Waals surface area (Å²) in [6.45, 7) is 0. The summed E-state index contributed by atoms with van der Waals surface area (Å²) in [7, 11) is -1.88. The van der Waals surface area contributed by atoms with Crippen molar-refractivity contribution in [3.8, 4) is 0 Å². The second-order valence-electron chi connectivity index (χ2n) is 6.48. The van der Waals surface area contributed by atoms with Crippen molar-refractivity contribution in [1.82, 2.24) is 0 Å². The van der Waals surface area contributed by atoms with Crippen molar-refractivity contribution in [3.63, 3.8) is 0 Å². The molecule has 0 nitrogen and oxygen atoms in total. The van der Waals surface area contributed by atoms with Crippen LogP contribution in [0.2, 0.25) is 0 Å². The number of benzene rings is 4. The molecule has 0 fully saturated rings. The lowest BCUT2D eigenvalue weighted by molar-refractivity contribution is -0.00000505. The number of hydrogen-bond acceptors (Lipinski definition) is 0. The zero-order valence-corrected chi connectivity index (χ0v) is 20.0. The molecule has 0 aliphatic heterocycles. The first-order valence-electron chi connectivity index (χ1n) is 9.08. The van der Waals surface area contributed by atoms with Gasteiger partial charge in [0.15, 0.2) is 3.67 Å². The van der Waals surface area contributed by atoms with Crippen LogP contribution in [0.25, 0.3) is 0 Å². The fourth-order valence-corrected chi connectivity index (χ4v) is 11.2. The molecule has 28 heavy (non-hydrogen) atoms. The van der Waals surface area contributed by atoms with Crippen molar-refractivity contribution in [2.75, 3.05) is 0 Å². The van der Waals surface area contributed by atoms with Gasteiger partial charge in [-0.1, -0.05) is 84.9 Å². The molecule has 0 bridgehead atoms. The average Bonchev–Trinajstić information content (AvgIpc) is 2.77. The molecular weight excluding hydrogens is 538 g/mol. The maximum Gasteiger partial charge on any atom is 0.158 e. The summed E-state index contributed by atoms with van der Waals surface area (Å²) >= 11 is 2.68. The van der Waals surface area contributed by atoms with Gasteiger partial charge in [0.05, 0.1) is 0 Å². The maximum absolute atomic E-state index is 2.68. The smallest absolute Gasteiger partial charge is 0.158 e. The molecule has 1 atom stereocenters. The number of alkyl halides is 1. The largest absolute Gasteiger partial charge is 1.00 e. The van der Waals surface area contributed by atoms with Crippen molar-refractivity contribution in [2.45, 2.75) is 3.67 Å². The predicted octanol–water partition coefficient (Wildman–Crippen LogP) is 3.12. The normalized spacial score (nSPS) is 12.0. The number of rotatable bonds is 5. The molecule has 0 aliphatic rings. The average molecular weight is 559 g/mol. The first-order valence-corrected chi connectivity index (χ1v) is 12.2. The molecule has 0 radical (unpaired) electrons. The first kappa shape index (κ1) is 21.2. The maximum atomic E-state index is 2.68. The molecule has 0 spiro atoms. The van der Waals surface area contributed by atoms with E-state index in [2.05, 4.69) is 144 Å². The Balaban J connectivity index is 0.00000225. The Labute approximate surface area is 192 Å². The lowest BCUT2D eigenvalue weighted by Gasteiger charge is -2.32. The third-order valence-electron chi connectivity index (χ3n) is 4.91. The number of hydrogen-bond donors (Lipinski definition) is 0. The minimum absolute atomic E-state index is 0. The van der Waals surface area contributed by atoms with Crippen LogP contribution in [0.15, 0.2) is 121 Å². The van der Waals surface area contributed by atoms with Crippen LogP contribution < -0.4 is 32.9 Å². The quantitative estimate of drug-likeness (QED) is 0.201. The van der Waals surface area contributed by atoms with Crippen LogP contribution in [0.3, 0.4) is 0 Å². The van der Waals surface area contributed by atoms with Crippen LogP contribution in [0.1, 0.15) is 9.23 Å². The number of halogens is 2. The Hall–Kier alpha value is -1.48. The first-order chi connectivity index (χ1) is 13.3. The van der Waals surface area contributed by atoms with E-state index in [0.29, 0.717) is 3.67 Å². The lowest BCUT2D eigenvalue weighted by atomic mass is 10.2. The van der Waals surface area contributed by atoms with Crippen molar-refractivity contribution in [3.05, 3.63) is 127 Å². The van der Waals surface area contributed by atoms with E-state index in [4.69, 9.17) is 0 Å². The van der Waals surface area contributed by atoms with Crippen molar-refractivity contribution in [1.29, 1.82) is 0 Å². The van der Waals surface area contributed by atoms with E-state index in [1.165, 1.54) is 21.5 Å². The summed E-state index contributed by atoms with van der Waals surface area (Å²) in [4.78, 5) is 0. The van der Waals surface area contributed by atoms with Gasteiger partial charge in [-0.2, -0.15) is 0 Å². The monoisotopic (exact) mass is 558 g/mol. The molecule has 0 aromatic heterocycles. The molecule has 3 heteroatoms. The Morgan fingerprint density at radius 1 is 0.464 bits per heavy atom. The van der Waals surface area contributed by atoms with Gasteiger partial charge < -0.3 is 17.0 Å². The minimum atomic E-state index is -1.88. The van der Waals surface area contributed by atoms with Crippen molar-refractivity contribution in [2.24, 2.45) is 0 Å². The van der Waals surface area contributed by atoms with E-state index in [0.717, 1.165) is 0 Å². The van der Waals surface area contributed by atoms with Gasteiger partial charge in [-0.15, -0.1) is 0 Å². The lowest BCUT2D eigenvalue weighted by Crippen LogP contribution is -3.00. The van der Waals surface area contributed by atoms with Gasteiger partial charge in [0.2, 0.25) is 0 Å². The molecule has 4 rings (SSSR count). The van der Waals surface area contributed by atoms with Crippen molar-refractivity contribution >= 4 is 45.8 Å². The second-order valence-corrected chi connectivity index (χ2v) is 12.2. The molecule has 1 unspecified atom stereocenters. The molecule has 4 aromatic rings. The minimum Gasteiger partial charge on any atom is -1.00 e. The Bertz CT molecular complexity index is 879. The highest BCUT2D eigenvalue weighted by Gasteiger charge is 2.51. The van der Waals surface area contributed by atoms with Crippen LogP contribution in [0.4, 0.5) is 0 Å². The molecule has 0 N–H and O–H groups in total. The van der Waals surface area contributed by atoms with Gasteiger partial charge in [0.25, 0.3) is 0 Å². The molecule has 0 saturated heterocycles. The van der Waals surface area contributed by atoms with E-state index in [-0.39, 0.29) is 17.0 Å². The molecule has 0 amide bonds. The molecular formula is C25H21BrIP. The summed E-state index contributed by atoms with van der Waals surface area (Å²) in [5.41, 5.74) is 1.38. The SMILES string of the molecule is IC(c1ccccc1)[P+](c1ccccc1)(c1ccccc1)c1ccccc1.[Br-]. The highest BCUT2D eigenvalue weighted by molar-refractivity contribution is 14.1. The Morgan fingerprint density at radius 2 is 0.750 bits per heavy atom. The van der Waals surface area contributed by atoms with Crippen LogP contribution in [-0.4, -0.2) is 0 Å². The van der Waals surface area contributed by atoms with Gasteiger partial charge in [-0.25, -0.2) is 0 Å². The molecule has 0 heterocycles. The fraction of sp³-hybridized carbons (Fsp3) is 0.0400. The molecule has 140 valence electrons. The van der Waals surface area contributed by atoms with Gasteiger partial charge in [0.1, 0.15) is 23.2 Å². The summed E-state index contributed by atoms with van der Waals surface area (Å²) in [6, 6.07) is 44.1. The second kappa shape index (κ2) is 9.82. The Kier molecular flexibility index (Phi) is 7.45. The van der Waals surface area contributed by atoms with E-state index >= 15 is 0 Å². The van der Waals surface area contributed by atoms with Gasteiger partial charge in [-0.3, -0.25) is 0 Å². The van der Waals surface area contributed by atoms with Crippen molar-refractivity contribution < 1.29 is 17.0 Å². The third-order valence-corrected chi connectivity index (χ3v) is 12.4. The summed E-state index contributed by atoms with van der Waals surface area (Å²) in [5, 5.41) is 4.27. The summed E-state index contributed by atoms with van der Waals surface area (Å²) in [6.07, 6.45) is 0. The highest BCUT2D eigenvalue weighted by Crippen LogP contribution is 2.69. The third kappa shape index (κ3) is 3.96. The highest BCUT2D eigenvalue weighted by atomic mass is 127. The summed E-state index contributed by atoms with van der Waals surface area (Å²) in [5.74, 6) is 0. The predicted molar refractivity (Wildman–Crippen MR) is 128 cm³/mol. The molecule has 4 aromatic carbocycles. The Morgan fingerprint density at radius 3 is 1.07 bits per heavy atom.